The molecule has 1 fully saturated rings. The van der Waals surface area contributed by atoms with Gasteiger partial charge in [-0.3, -0.25) is 10.1 Å². The third-order valence-corrected chi connectivity index (χ3v) is 3.19. The number of anilines is 1. The Kier molecular flexibility index (Phi) is 3.73. The Morgan fingerprint density at radius 2 is 2.39 bits per heavy atom. The molecule has 1 aliphatic heterocycles. The molecule has 1 aliphatic rings. The monoisotopic (exact) mass is 251 g/mol. The molecular formula is C11H17N5O2. The minimum absolute atomic E-state index is 0.0645. The average molecular weight is 251 g/mol. The van der Waals surface area contributed by atoms with Crippen molar-refractivity contribution < 1.29 is 4.92 Å². The van der Waals surface area contributed by atoms with Crippen molar-refractivity contribution in [2.24, 2.45) is 5.73 Å². The van der Waals surface area contributed by atoms with Gasteiger partial charge >= 0.3 is 0 Å². The Hall–Kier alpha value is -1.73. The van der Waals surface area contributed by atoms with Crippen LogP contribution in [0.2, 0.25) is 0 Å². The Bertz CT molecular complexity index is 439. The highest BCUT2D eigenvalue weighted by Crippen LogP contribution is 2.21. The van der Waals surface area contributed by atoms with Gasteiger partial charge in [-0.1, -0.05) is 0 Å². The molecule has 0 spiro atoms. The van der Waals surface area contributed by atoms with Crippen molar-refractivity contribution in [3.05, 3.63) is 28.4 Å². The van der Waals surface area contributed by atoms with E-state index in [-0.39, 0.29) is 11.7 Å². The molecule has 1 saturated heterocycles. The van der Waals surface area contributed by atoms with E-state index in [1.807, 2.05) is 11.9 Å². The molecule has 1 atom stereocenters. The quantitative estimate of drug-likeness (QED) is 0.604. The van der Waals surface area contributed by atoms with Crippen LogP contribution in [-0.2, 0) is 0 Å². The SMILES string of the molecule is CN1CCN(c2cc([N+](=O)[O-])ccn2)C(CN)C1. The molecule has 2 N–H and O–H groups in total. The lowest BCUT2D eigenvalue weighted by Gasteiger charge is -2.40. The molecule has 7 nitrogen and oxygen atoms in total. The van der Waals surface area contributed by atoms with E-state index in [1.54, 1.807) is 0 Å². The van der Waals surface area contributed by atoms with E-state index >= 15 is 0 Å². The Balaban J connectivity index is 2.24. The summed E-state index contributed by atoms with van der Waals surface area (Å²) in [6.45, 7) is 3.04. The number of piperazine rings is 1. The summed E-state index contributed by atoms with van der Waals surface area (Å²) in [6, 6.07) is 3.06. The van der Waals surface area contributed by atoms with Crippen LogP contribution in [0, 0.1) is 10.1 Å². The number of hydrogen-bond acceptors (Lipinski definition) is 6. The summed E-state index contributed by atoms with van der Waals surface area (Å²) in [4.78, 5) is 18.8. The van der Waals surface area contributed by atoms with Gasteiger partial charge in [0, 0.05) is 38.4 Å². The van der Waals surface area contributed by atoms with E-state index < -0.39 is 4.92 Å². The number of hydrogen-bond donors (Lipinski definition) is 1. The smallest absolute Gasteiger partial charge is 0.274 e. The summed E-state index contributed by atoms with van der Waals surface area (Å²) in [5.41, 5.74) is 5.83. The molecule has 1 aromatic rings. The van der Waals surface area contributed by atoms with Crippen LogP contribution in [0.25, 0.3) is 0 Å². The van der Waals surface area contributed by atoms with E-state index in [0.717, 1.165) is 19.6 Å². The molecule has 1 aromatic heterocycles. The third kappa shape index (κ3) is 2.57. The highest BCUT2D eigenvalue weighted by molar-refractivity contribution is 5.48. The van der Waals surface area contributed by atoms with Crippen molar-refractivity contribution in [1.82, 2.24) is 9.88 Å². The highest BCUT2D eigenvalue weighted by Gasteiger charge is 2.26. The Morgan fingerprint density at radius 3 is 3.06 bits per heavy atom. The van der Waals surface area contributed by atoms with E-state index in [2.05, 4.69) is 9.88 Å². The zero-order valence-electron chi connectivity index (χ0n) is 10.3. The van der Waals surface area contributed by atoms with Gasteiger partial charge in [-0.2, -0.15) is 0 Å². The second kappa shape index (κ2) is 5.28. The first-order chi connectivity index (χ1) is 8.61. The molecule has 0 amide bonds. The summed E-state index contributed by atoms with van der Waals surface area (Å²) < 4.78 is 0. The van der Waals surface area contributed by atoms with Crippen LogP contribution < -0.4 is 10.6 Å². The fraction of sp³-hybridized carbons (Fsp3) is 0.545. The fourth-order valence-corrected chi connectivity index (χ4v) is 2.19. The number of nitrogens with zero attached hydrogens (tertiary/aromatic N) is 4. The van der Waals surface area contributed by atoms with Gasteiger partial charge in [0.15, 0.2) is 0 Å². The Labute approximate surface area is 105 Å². The van der Waals surface area contributed by atoms with Crippen molar-refractivity contribution >= 4 is 11.5 Å². The number of pyridine rings is 1. The van der Waals surface area contributed by atoms with Crippen LogP contribution in [0.1, 0.15) is 0 Å². The van der Waals surface area contributed by atoms with E-state index in [0.29, 0.717) is 12.4 Å². The van der Waals surface area contributed by atoms with Gasteiger partial charge in [0.2, 0.25) is 0 Å². The van der Waals surface area contributed by atoms with Crippen molar-refractivity contribution in [1.29, 1.82) is 0 Å². The van der Waals surface area contributed by atoms with Crippen molar-refractivity contribution in [2.45, 2.75) is 6.04 Å². The first-order valence-corrected chi connectivity index (χ1v) is 5.87. The van der Waals surface area contributed by atoms with Crippen LogP contribution in [0.5, 0.6) is 0 Å². The van der Waals surface area contributed by atoms with Crippen molar-refractivity contribution in [2.75, 3.05) is 38.1 Å². The van der Waals surface area contributed by atoms with Gasteiger partial charge < -0.3 is 15.5 Å². The fourth-order valence-electron chi connectivity index (χ4n) is 2.19. The number of rotatable bonds is 3. The summed E-state index contributed by atoms with van der Waals surface area (Å²) in [6.07, 6.45) is 1.47. The van der Waals surface area contributed by atoms with Crippen LogP contribution in [-0.4, -0.2) is 54.1 Å². The minimum Gasteiger partial charge on any atom is -0.350 e. The van der Waals surface area contributed by atoms with E-state index in [4.69, 9.17) is 5.73 Å². The largest absolute Gasteiger partial charge is 0.350 e. The summed E-state index contributed by atoms with van der Waals surface area (Å²) >= 11 is 0. The molecule has 0 saturated carbocycles. The van der Waals surface area contributed by atoms with Gasteiger partial charge in [-0.25, -0.2) is 4.98 Å². The standard InChI is InChI=1S/C11H17N5O2/c1-14-4-5-15(10(7-12)8-14)11-6-9(16(17)18)2-3-13-11/h2-3,6,10H,4-5,7-8,12H2,1H3. The molecule has 0 radical (unpaired) electrons. The lowest BCUT2D eigenvalue weighted by atomic mass is 10.1. The predicted octanol–water partition coefficient (Wildman–Crippen LogP) is 0.0689. The number of nitrogens with two attached hydrogens (primary N) is 1. The van der Waals surface area contributed by atoms with Gasteiger partial charge in [0.1, 0.15) is 5.82 Å². The van der Waals surface area contributed by atoms with Crippen LogP contribution in [0.4, 0.5) is 11.5 Å². The van der Waals surface area contributed by atoms with Crippen LogP contribution in [0.3, 0.4) is 0 Å². The molecule has 2 rings (SSSR count). The molecule has 0 bridgehead atoms. The first-order valence-electron chi connectivity index (χ1n) is 5.87. The third-order valence-electron chi connectivity index (χ3n) is 3.19. The number of likely N-dealkylation sites (N-methyl/N-ethyl adjacent to an activating group) is 1. The molecule has 18 heavy (non-hydrogen) atoms. The zero-order valence-corrected chi connectivity index (χ0v) is 10.3. The van der Waals surface area contributed by atoms with E-state index in [1.165, 1.54) is 18.3 Å². The maximum atomic E-state index is 10.8. The molecule has 1 unspecified atom stereocenters. The summed E-state index contributed by atoms with van der Waals surface area (Å²) in [5, 5.41) is 10.8. The normalized spacial score (nSPS) is 21.0. The predicted molar refractivity (Wildman–Crippen MR) is 68.6 cm³/mol. The second-order valence-electron chi connectivity index (χ2n) is 4.47. The maximum absolute atomic E-state index is 10.8. The van der Waals surface area contributed by atoms with Gasteiger partial charge in [0.25, 0.3) is 5.69 Å². The maximum Gasteiger partial charge on any atom is 0.274 e. The molecule has 98 valence electrons. The van der Waals surface area contributed by atoms with E-state index in [9.17, 15) is 10.1 Å². The molecule has 0 aromatic carbocycles. The summed E-state index contributed by atoms with van der Waals surface area (Å²) in [5.74, 6) is 0.632. The highest BCUT2D eigenvalue weighted by atomic mass is 16.6. The van der Waals surface area contributed by atoms with Gasteiger partial charge in [-0.05, 0) is 7.05 Å². The van der Waals surface area contributed by atoms with Crippen LogP contribution >= 0.6 is 0 Å². The van der Waals surface area contributed by atoms with Gasteiger partial charge in [-0.15, -0.1) is 0 Å². The zero-order chi connectivity index (χ0) is 13.1. The molecule has 0 aliphatic carbocycles. The summed E-state index contributed by atoms with van der Waals surface area (Å²) in [7, 11) is 2.04. The van der Waals surface area contributed by atoms with Crippen LogP contribution in [0.15, 0.2) is 18.3 Å². The Morgan fingerprint density at radius 1 is 1.61 bits per heavy atom. The number of nitro groups is 1. The first kappa shape index (κ1) is 12.7. The number of aromatic nitrogens is 1. The van der Waals surface area contributed by atoms with Crippen molar-refractivity contribution in [3.8, 4) is 0 Å². The second-order valence-corrected chi connectivity index (χ2v) is 4.47. The van der Waals surface area contributed by atoms with Crippen molar-refractivity contribution in [3.63, 3.8) is 0 Å². The van der Waals surface area contributed by atoms with Gasteiger partial charge in [0.05, 0.1) is 17.0 Å². The lowest BCUT2D eigenvalue weighted by Crippen LogP contribution is -2.55. The molecule has 2 heterocycles. The topological polar surface area (TPSA) is 88.5 Å². The average Bonchev–Trinajstić information content (AvgIpc) is 2.38. The lowest BCUT2D eigenvalue weighted by molar-refractivity contribution is -0.384. The molecular weight excluding hydrogens is 234 g/mol. The molecule has 7 heteroatoms. The minimum atomic E-state index is -0.404.